The first-order valence-corrected chi connectivity index (χ1v) is 8.78. The van der Waals surface area contributed by atoms with E-state index in [0.717, 1.165) is 5.57 Å². The Bertz CT molecular complexity index is 769. The van der Waals surface area contributed by atoms with Crippen molar-refractivity contribution in [3.05, 3.63) is 42.0 Å². The van der Waals surface area contributed by atoms with Crippen LogP contribution < -0.4 is 0 Å². The van der Waals surface area contributed by atoms with Crippen LogP contribution in [0, 0.1) is 0 Å². The Morgan fingerprint density at radius 1 is 1.26 bits per heavy atom. The van der Waals surface area contributed by atoms with Crippen molar-refractivity contribution in [1.29, 1.82) is 0 Å². The predicted octanol–water partition coefficient (Wildman–Crippen LogP) is 1.49. The summed E-state index contributed by atoms with van der Waals surface area (Å²) < 4.78 is 28.0. The Hall–Kier alpha value is -2.15. The van der Waals surface area contributed by atoms with Gasteiger partial charge in [-0.15, -0.1) is 4.40 Å². The molecule has 7 heteroatoms. The summed E-state index contributed by atoms with van der Waals surface area (Å²) in [7, 11) is -2.00. The Morgan fingerprint density at radius 2 is 1.91 bits per heavy atom. The van der Waals surface area contributed by atoms with Crippen molar-refractivity contribution in [3.8, 4) is 0 Å². The second-order valence-corrected chi connectivity index (χ2v) is 7.18. The first kappa shape index (κ1) is 17.2. The number of carbonyl (C=O) groups is 1. The van der Waals surface area contributed by atoms with Gasteiger partial charge in [-0.25, -0.2) is 0 Å². The molecule has 0 atom stereocenters. The average molecular weight is 335 g/mol. The molecule has 1 heterocycles. The number of rotatable bonds is 5. The minimum atomic E-state index is -3.67. The fraction of sp³-hybridized carbons (Fsp3) is 0.375. The van der Waals surface area contributed by atoms with Gasteiger partial charge >= 0.3 is 0 Å². The third kappa shape index (κ3) is 3.61. The molecule has 0 radical (unpaired) electrons. The maximum atomic E-state index is 12.4. The Balaban J connectivity index is 2.20. The molecule has 0 aromatic heterocycles. The van der Waals surface area contributed by atoms with Crippen molar-refractivity contribution < 1.29 is 13.2 Å². The van der Waals surface area contributed by atoms with E-state index in [1.165, 1.54) is 6.07 Å². The second-order valence-electron chi connectivity index (χ2n) is 5.61. The van der Waals surface area contributed by atoms with E-state index in [2.05, 4.69) is 11.0 Å². The lowest BCUT2D eigenvalue weighted by Crippen LogP contribution is -2.41. The summed E-state index contributed by atoms with van der Waals surface area (Å²) in [6.45, 7) is 8.70. The molecule has 0 saturated heterocycles. The molecule has 2 rings (SSSR count). The van der Waals surface area contributed by atoms with Crippen LogP contribution in [-0.4, -0.2) is 56.6 Å². The SMILES string of the molecule is C=C(C)CN(CC)C(=O)CN(C)C1=NS(=O)(=O)c2ccccc21. The number of benzene rings is 1. The smallest absolute Gasteiger partial charge is 0.285 e. The molecule has 0 N–H and O–H groups in total. The summed E-state index contributed by atoms with van der Waals surface area (Å²) in [5.41, 5.74) is 1.43. The molecular weight excluding hydrogens is 314 g/mol. The number of nitrogens with zero attached hydrogens (tertiary/aromatic N) is 3. The van der Waals surface area contributed by atoms with Crippen LogP contribution >= 0.6 is 0 Å². The van der Waals surface area contributed by atoms with Crippen molar-refractivity contribution in [3.63, 3.8) is 0 Å². The normalized spacial score (nSPS) is 14.8. The summed E-state index contributed by atoms with van der Waals surface area (Å²) in [4.78, 5) is 15.8. The number of sulfonamides is 1. The third-order valence-corrected chi connectivity index (χ3v) is 4.87. The summed E-state index contributed by atoms with van der Waals surface area (Å²) in [6, 6.07) is 6.64. The van der Waals surface area contributed by atoms with Crippen LogP contribution in [0.15, 0.2) is 45.7 Å². The first-order chi connectivity index (χ1) is 10.8. The Kier molecular flexibility index (Phi) is 4.89. The minimum Gasteiger partial charge on any atom is -0.349 e. The van der Waals surface area contributed by atoms with Crippen LogP contribution in [0.4, 0.5) is 0 Å². The highest BCUT2D eigenvalue weighted by atomic mass is 32.2. The standard InChI is InChI=1S/C16H21N3O3S/c1-5-19(10-12(2)3)15(20)11-18(4)16-13-8-6-7-9-14(13)23(21,22)17-16/h6-9H,2,5,10-11H2,1,3-4H3. The maximum absolute atomic E-state index is 12.4. The molecule has 1 aromatic rings. The van der Waals surface area contributed by atoms with Crippen molar-refractivity contribution >= 4 is 21.8 Å². The molecule has 23 heavy (non-hydrogen) atoms. The third-order valence-electron chi connectivity index (χ3n) is 3.54. The lowest BCUT2D eigenvalue weighted by Gasteiger charge is -2.25. The van der Waals surface area contributed by atoms with Crippen molar-refractivity contribution in [1.82, 2.24) is 9.80 Å². The van der Waals surface area contributed by atoms with E-state index in [-0.39, 0.29) is 17.3 Å². The molecule has 6 nitrogen and oxygen atoms in total. The number of carbonyl (C=O) groups excluding carboxylic acids is 1. The van der Waals surface area contributed by atoms with E-state index in [1.54, 1.807) is 35.0 Å². The summed E-state index contributed by atoms with van der Waals surface area (Å²) in [5.74, 6) is 0.211. The fourth-order valence-electron chi connectivity index (χ4n) is 2.44. The molecule has 0 spiro atoms. The van der Waals surface area contributed by atoms with Crippen molar-refractivity contribution in [2.24, 2.45) is 4.40 Å². The van der Waals surface area contributed by atoms with E-state index in [9.17, 15) is 13.2 Å². The molecule has 0 aliphatic carbocycles. The van der Waals surface area contributed by atoms with Crippen LogP contribution in [0.25, 0.3) is 0 Å². The lowest BCUT2D eigenvalue weighted by molar-refractivity contribution is -0.130. The molecule has 1 aliphatic heterocycles. The number of hydrogen-bond donors (Lipinski definition) is 0. The summed E-state index contributed by atoms with van der Waals surface area (Å²) >= 11 is 0. The molecule has 1 aliphatic rings. The van der Waals surface area contributed by atoms with E-state index < -0.39 is 10.0 Å². The highest BCUT2D eigenvalue weighted by Crippen LogP contribution is 2.26. The first-order valence-electron chi connectivity index (χ1n) is 7.34. The van der Waals surface area contributed by atoms with E-state index >= 15 is 0 Å². The van der Waals surface area contributed by atoms with Gasteiger partial charge in [0.2, 0.25) is 5.91 Å². The average Bonchev–Trinajstić information content (AvgIpc) is 2.77. The van der Waals surface area contributed by atoms with Crippen LogP contribution in [0.5, 0.6) is 0 Å². The largest absolute Gasteiger partial charge is 0.349 e. The molecule has 0 fully saturated rings. The minimum absolute atomic E-state index is 0.0593. The van der Waals surface area contributed by atoms with Gasteiger partial charge in [-0.1, -0.05) is 24.3 Å². The highest BCUT2D eigenvalue weighted by Gasteiger charge is 2.31. The van der Waals surface area contributed by atoms with Crippen LogP contribution in [0.2, 0.25) is 0 Å². The Morgan fingerprint density at radius 3 is 2.52 bits per heavy atom. The zero-order valence-corrected chi connectivity index (χ0v) is 14.4. The van der Waals surface area contributed by atoms with Gasteiger partial charge in [0.1, 0.15) is 4.90 Å². The van der Waals surface area contributed by atoms with Gasteiger partial charge in [-0.05, 0) is 26.0 Å². The van der Waals surface area contributed by atoms with Crippen LogP contribution in [-0.2, 0) is 14.8 Å². The predicted molar refractivity (Wildman–Crippen MR) is 89.9 cm³/mol. The summed E-state index contributed by atoms with van der Waals surface area (Å²) in [6.07, 6.45) is 0. The van der Waals surface area contributed by atoms with E-state index in [1.807, 2.05) is 13.8 Å². The summed E-state index contributed by atoms with van der Waals surface area (Å²) in [5, 5.41) is 0. The number of amides is 1. The zero-order valence-electron chi connectivity index (χ0n) is 13.6. The quantitative estimate of drug-likeness (QED) is 0.765. The van der Waals surface area contributed by atoms with Crippen LogP contribution in [0.1, 0.15) is 19.4 Å². The van der Waals surface area contributed by atoms with Gasteiger partial charge in [-0.2, -0.15) is 8.42 Å². The highest BCUT2D eigenvalue weighted by molar-refractivity contribution is 7.90. The number of amidine groups is 1. The van der Waals surface area contributed by atoms with Gasteiger partial charge in [0.15, 0.2) is 5.84 Å². The number of fused-ring (bicyclic) bond motifs is 1. The molecule has 1 aromatic carbocycles. The van der Waals surface area contributed by atoms with E-state index in [0.29, 0.717) is 24.5 Å². The molecule has 0 unspecified atom stereocenters. The van der Waals surface area contributed by atoms with Gasteiger partial charge in [0.25, 0.3) is 10.0 Å². The maximum Gasteiger partial charge on any atom is 0.285 e. The lowest BCUT2D eigenvalue weighted by atomic mass is 10.2. The van der Waals surface area contributed by atoms with Gasteiger partial charge in [0, 0.05) is 25.7 Å². The fourth-order valence-corrected chi connectivity index (χ4v) is 3.70. The van der Waals surface area contributed by atoms with E-state index in [4.69, 9.17) is 0 Å². The molecular formula is C16H21N3O3S. The van der Waals surface area contributed by atoms with Gasteiger partial charge in [0.05, 0.1) is 6.54 Å². The Labute approximate surface area is 137 Å². The van der Waals surface area contributed by atoms with Gasteiger partial charge in [-0.3, -0.25) is 4.79 Å². The number of likely N-dealkylation sites (N-methyl/N-ethyl adjacent to an activating group) is 2. The number of hydrogen-bond acceptors (Lipinski definition) is 4. The topological polar surface area (TPSA) is 70.1 Å². The molecule has 1 amide bonds. The van der Waals surface area contributed by atoms with Crippen molar-refractivity contribution in [2.45, 2.75) is 18.7 Å². The second kappa shape index (κ2) is 6.54. The van der Waals surface area contributed by atoms with Crippen molar-refractivity contribution in [2.75, 3.05) is 26.7 Å². The zero-order chi connectivity index (χ0) is 17.2. The molecule has 0 bridgehead atoms. The van der Waals surface area contributed by atoms with Gasteiger partial charge < -0.3 is 9.80 Å². The monoisotopic (exact) mass is 335 g/mol. The molecule has 0 saturated carbocycles. The molecule has 124 valence electrons. The van der Waals surface area contributed by atoms with Crippen LogP contribution in [0.3, 0.4) is 0 Å².